The molecule has 0 radical (unpaired) electrons. The number of nitrogens with zero attached hydrogens (tertiary/aromatic N) is 1. The van der Waals surface area contributed by atoms with E-state index in [-0.39, 0.29) is 5.91 Å². The number of benzene rings is 2. The summed E-state index contributed by atoms with van der Waals surface area (Å²) < 4.78 is 0. The predicted molar refractivity (Wildman–Crippen MR) is 102 cm³/mol. The zero-order chi connectivity index (χ0) is 16.9. The molecule has 2 aromatic carbocycles. The third-order valence-corrected chi connectivity index (χ3v) is 5.40. The Bertz CT molecular complexity index is 705. The van der Waals surface area contributed by atoms with Crippen molar-refractivity contribution in [2.45, 2.75) is 23.5 Å². The second-order valence-corrected chi connectivity index (χ2v) is 7.92. The Kier molecular flexibility index (Phi) is 5.69. The van der Waals surface area contributed by atoms with Gasteiger partial charge in [0, 0.05) is 28.3 Å². The van der Waals surface area contributed by atoms with Crippen molar-refractivity contribution < 1.29 is 4.79 Å². The van der Waals surface area contributed by atoms with Gasteiger partial charge in [0.1, 0.15) is 0 Å². The number of thioether (sulfide) groups is 1. The van der Waals surface area contributed by atoms with E-state index < -0.39 is 0 Å². The lowest BCUT2D eigenvalue weighted by atomic mass is 10.1. The molecular formula is C19H21ClN2OS. The molecule has 0 fully saturated rings. The molecule has 24 heavy (non-hydrogen) atoms. The molecule has 0 bridgehead atoms. The van der Waals surface area contributed by atoms with E-state index in [1.807, 2.05) is 48.2 Å². The van der Waals surface area contributed by atoms with Gasteiger partial charge in [-0.1, -0.05) is 42.8 Å². The minimum Gasteiger partial charge on any atom is -0.360 e. The van der Waals surface area contributed by atoms with E-state index in [0.717, 1.165) is 23.7 Å². The van der Waals surface area contributed by atoms with Gasteiger partial charge in [0.15, 0.2) is 0 Å². The average Bonchev–Trinajstić information content (AvgIpc) is 2.56. The molecule has 3 nitrogen and oxygen atoms in total. The summed E-state index contributed by atoms with van der Waals surface area (Å²) in [7, 11) is 0. The van der Waals surface area contributed by atoms with Crippen molar-refractivity contribution in [2.24, 2.45) is 0 Å². The summed E-state index contributed by atoms with van der Waals surface area (Å²) in [5, 5.41) is 4.24. The summed E-state index contributed by atoms with van der Waals surface area (Å²) in [6, 6.07) is 16.0. The molecular weight excluding hydrogens is 340 g/mol. The van der Waals surface area contributed by atoms with E-state index in [4.69, 9.17) is 11.6 Å². The van der Waals surface area contributed by atoms with Gasteiger partial charge in [0.05, 0.1) is 12.2 Å². The maximum absolute atomic E-state index is 12.3. The number of fused-ring (bicyclic) bond motifs is 1. The molecule has 1 atom stereocenters. The van der Waals surface area contributed by atoms with Crippen LogP contribution in [0, 0.1) is 0 Å². The van der Waals surface area contributed by atoms with Gasteiger partial charge in [-0.05, 0) is 36.2 Å². The third-order valence-electron chi connectivity index (χ3n) is 4.00. The highest BCUT2D eigenvalue weighted by Gasteiger charge is 2.23. The standard InChI is InChI=1S/C19H21ClN2OS/c1-14-12-22(17-4-2-3-5-18(17)24-14)13-19(23)21-11-10-15-6-8-16(20)9-7-15/h2-9,14H,10-13H2,1H3,(H,21,23)/t14-/m1/s1. The minimum atomic E-state index is 0.0675. The van der Waals surface area contributed by atoms with Crippen LogP contribution in [0.5, 0.6) is 0 Å². The van der Waals surface area contributed by atoms with Gasteiger partial charge in [-0.15, -0.1) is 11.8 Å². The van der Waals surface area contributed by atoms with Gasteiger partial charge in [-0.25, -0.2) is 0 Å². The lowest BCUT2D eigenvalue weighted by molar-refractivity contribution is -0.119. The fraction of sp³-hybridized carbons (Fsp3) is 0.316. The molecule has 2 aromatic rings. The fourth-order valence-corrected chi connectivity index (χ4v) is 4.15. The number of carbonyl (C=O) groups is 1. The van der Waals surface area contributed by atoms with Crippen molar-refractivity contribution in [1.29, 1.82) is 0 Å². The van der Waals surface area contributed by atoms with Crippen LogP contribution in [0.2, 0.25) is 5.02 Å². The van der Waals surface area contributed by atoms with Crippen molar-refractivity contribution in [3.8, 4) is 0 Å². The first kappa shape index (κ1) is 17.2. The summed E-state index contributed by atoms with van der Waals surface area (Å²) in [6.45, 7) is 4.14. The highest BCUT2D eigenvalue weighted by molar-refractivity contribution is 8.00. The Hall–Kier alpha value is -1.65. The van der Waals surface area contributed by atoms with E-state index in [9.17, 15) is 4.79 Å². The Morgan fingerprint density at radius 2 is 2.00 bits per heavy atom. The number of hydrogen-bond acceptors (Lipinski definition) is 3. The summed E-state index contributed by atoms with van der Waals surface area (Å²) in [4.78, 5) is 15.7. The normalized spacial score (nSPS) is 16.6. The monoisotopic (exact) mass is 360 g/mol. The summed E-state index contributed by atoms with van der Waals surface area (Å²) in [6.07, 6.45) is 0.811. The topological polar surface area (TPSA) is 32.3 Å². The van der Waals surface area contributed by atoms with Crippen molar-refractivity contribution in [2.75, 3.05) is 24.5 Å². The maximum atomic E-state index is 12.3. The Balaban J connectivity index is 1.52. The molecule has 1 aliphatic rings. The van der Waals surface area contributed by atoms with Crippen LogP contribution in [0.25, 0.3) is 0 Å². The van der Waals surface area contributed by atoms with E-state index >= 15 is 0 Å². The molecule has 0 aromatic heterocycles. The van der Waals surface area contributed by atoms with Crippen molar-refractivity contribution >= 4 is 35.0 Å². The molecule has 0 spiro atoms. The number of rotatable bonds is 5. The number of halogens is 1. The third kappa shape index (κ3) is 4.46. The molecule has 126 valence electrons. The summed E-state index contributed by atoms with van der Waals surface area (Å²) in [5.74, 6) is 0.0675. The van der Waals surface area contributed by atoms with Crippen molar-refractivity contribution in [3.05, 3.63) is 59.1 Å². The molecule has 5 heteroatoms. The molecule has 0 aliphatic carbocycles. The molecule has 1 heterocycles. The molecule has 0 saturated carbocycles. The van der Waals surface area contributed by atoms with Gasteiger partial charge in [-0.2, -0.15) is 0 Å². The molecule has 3 rings (SSSR count). The van der Waals surface area contributed by atoms with E-state index in [0.29, 0.717) is 18.3 Å². The number of nitrogens with one attached hydrogen (secondary N) is 1. The van der Waals surface area contributed by atoms with Gasteiger partial charge in [0.25, 0.3) is 0 Å². The van der Waals surface area contributed by atoms with Gasteiger partial charge < -0.3 is 10.2 Å². The minimum absolute atomic E-state index is 0.0675. The summed E-state index contributed by atoms with van der Waals surface area (Å²) in [5.41, 5.74) is 2.33. The molecule has 1 N–H and O–H groups in total. The first-order valence-corrected chi connectivity index (χ1v) is 9.39. The van der Waals surface area contributed by atoms with Crippen LogP contribution in [0.4, 0.5) is 5.69 Å². The number of amides is 1. The van der Waals surface area contributed by atoms with E-state index in [1.165, 1.54) is 10.5 Å². The number of para-hydroxylation sites is 1. The van der Waals surface area contributed by atoms with E-state index in [2.05, 4.69) is 29.3 Å². The van der Waals surface area contributed by atoms with Gasteiger partial charge in [-0.3, -0.25) is 4.79 Å². The number of carbonyl (C=O) groups excluding carboxylic acids is 1. The zero-order valence-electron chi connectivity index (χ0n) is 13.7. The maximum Gasteiger partial charge on any atom is 0.239 e. The smallest absolute Gasteiger partial charge is 0.239 e. The Morgan fingerprint density at radius 1 is 1.25 bits per heavy atom. The second kappa shape index (κ2) is 7.95. The van der Waals surface area contributed by atoms with Crippen LogP contribution in [0.1, 0.15) is 12.5 Å². The number of anilines is 1. The summed E-state index contributed by atoms with van der Waals surface area (Å²) >= 11 is 7.76. The van der Waals surface area contributed by atoms with Crippen LogP contribution < -0.4 is 10.2 Å². The SMILES string of the molecule is C[C@@H]1CN(CC(=O)NCCc2ccc(Cl)cc2)c2ccccc2S1. The highest BCUT2D eigenvalue weighted by atomic mass is 35.5. The predicted octanol–water partition coefficient (Wildman–Crippen LogP) is 4.00. The van der Waals surface area contributed by atoms with Crippen LogP contribution in [-0.4, -0.2) is 30.8 Å². The van der Waals surface area contributed by atoms with E-state index in [1.54, 1.807) is 0 Å². The molecule has 1 amide bonds. The largest absolute Gasteiger partial charge is 0.360 e. The quantitative estimate of drug-likeness (QED) is 0.874. The van der Waals surface area contributed by atoms with Crippen LogP contribution in [-0.2, 0) is 11.2 Å². The Morgan fingerprint density at radius 3 is 2.79 bits per heavy atom. The first-order chi connectivity index (χ1) is 11.6. The molecule has 0 saturated heterocycles. The average molecular weight is 361 g/mol. The second-order valence-electron chi connectivity index (χ2n) is 6.00. The Labute approximate surface area is 152 Å². The highest BCUT2D eigenvalue weighted by Crippen LogP contribution is 2.37. The van der Waals surface area contributed by atoms with Crippen LogP contribution in [0.15, 0.2) is 53.4 Å². The van der Waals surface area contributed by atoms with Gasteiger partial charge in [0.2, 0.25) is 5.91 Å². The van der Waals surface area contributed by atoms with Gasteiger partial charge >= 0.3 is 0 Å². The lowest BCUT2D eigenvalue weighted by Gasteiger charge is -2.33. The van der Waals surface area contributed by atoms with Crippen molar-refractivity contribution in [1.82, 2.24) is 5.32 Å². The molecule has 1 aliphatic heterocycles. The fourth-order valence-electron chi connectivity index (χ4n) is 2.86. The van der Waals surface area contributed by atoms with Crippen molar-refractivity contribution in [3.63, 3.8) is 0 Å². The van der Waals surface area contributed by atoms with Crippen LogP contribution >= 0.6 is 23.4 Å². The zero-order valence-corrected chi connectivity index (χ0v) is 15.2. The first-order valence-electron chi connectivity index (χ1n) is 8.13. The van der Waals surface area contributed by atoms with Crippen LogP contribution in [0.3, 0.4) is 0 Å². The number of hydrogen-bond donors (Lipinski definition) is 1. The lowest BCUT2D eigenvalue weighted by Crippen LogP contribution is -2.42. The molecule has 0 unspecified atom stereocenters.